The average molecular weight is 368 g/mol. The van der Waals surface area contributed by atoms with Crippen molar-refractivity contribution in [3.05, 3.63) is 0 Å². The zero-order chi connectivity index (χ0) is 15.1. The van der Waals surface area contributed by atoms with Gasteiger partial charge >= 0.3 is 0 Å². The first-order chi connectivity index (χ1) is 10.2. The number of halogens is 2. The minimum absolute atomic E-state index is 0. The fraction of sp³-hybridized carbons (Fsp3) is 0.941. The third-order valence-corrected chi connectivity index (χ3v) is 5.01. The van der Waals surface area contributed by atoms with Gasteiger partial charge in [0.2, 0.25) is 5.91 Å². The zero-order valence-corrected chi connectivity index (χ0v) is 16.4. The second-order valence-corrected chi connectivity index (χ2v) is 6.94. The number of likely N-dealkylation sites (tertiary alicyclic amines) is 1. The second-order valence-electron chi connectivity index (χ2n) is 6.94. The number of nitrogens with zero attached hydrogens (tertiary/aromatic N) is 2. The van der Waals surface area contributed by atoms with Gasteiger partial charge in [-0.15, -0.1) is 24.8 Å². The van der Waals surface area contributed by atoms with Gasteiger partial charge in [0.05, 0.1) is 0 Å². The smallest absolute Gasteiger partial charge is 0.224 e. The van der Waals surface area contributed by atoms with Crippen molar-refractivity contribution < 1.29 is 4.79 Å². The maximum Gasteiger partial charge on any atom is 0.224 e. The SMILES string of the molecule is CCCCN(C)CC1CCN(C(=O)CC2CCCN2)CC1.Cl.Cl. The third-order valence-electron chi connectivity index (χ3n) is 5.01. The van der Waals surface area contributed by atoms with E-state index < -0.39 is 0 Å². The lowest BCUT2D eigenvalue weighted by atomic mass is 9.95. The summed E-state index contributed by atoms with van der Waals surface area (Å²) in [6, 6.07) is 0.440. The Morgan fingerprint density at radius 2 is 1.91 bits per heavy atom. The molecular formula is C17H35Cl2N3O. The summed E-state index contributed by atoms with van der Waals surface area (Å²) in [4.78, 5) is 16.9. The van der Waals surface area contributed by atoms with E-state index in [1.54, 1.807) is 0 Å². The molecule has 1 unspecified atom stereocenters. The fourth-order valence-electron chi connectivity index (χ4n) is 3.60. The molecule has 1 atom stereocenters. The van der Waals surface area contributed by atoms with E-state index in [0.29, 0.717) is 18.4 Å². The number of piperidine rings is 1. The van der Waals surface area contributed by atoms with Gasteiger partial charge in [-0.1, -0.05) is 13.3 Å². The largest absolute Gasteiger partial charge is 0.343 e. The molecule has 23 heavy (non-hydrogen) atoms. The van der Waals surface area contributed by atoms with Gasteiger partial charge in [-0.3, -0.25) is 4.79 Å². The van der Waals surface area contributed by atoms with Crippen molar-refractivity contribution in [3.8, 4) is 0 Å². The molecule has 0 aromatic heterocycles. The lowest BCUT2D eigenvalue weighted by Gasteiger charge is -2.34. The Labute approximate surface area is 154 Å². The molecule has 1 amide bonds. The summed E-state index contributed by atoms with van der Waals surface area (Å²) in [6.07, 6.45) is 8.03. The number of rotatable bonds is 7. The van der Waals surface area contributed by atoms with Gasteiger partial charge in [0.25, 0.3) is 0 Å². The van der Waals surface area contributed by atoms with Gasteiger partial charge in [-0.25, -0.2) is 0 Å². The number of carbonyl (C=O) groups excluding carboxylic acids is 1. The van der Waals surface area contributed by atoms with Gasteiger partial charge < -0.3 is 15.1 Å². The molecule has 2 heterocycles. The van der Waals surface area contributed by atoms with Crippen LogP contribution in [0.15, 0.2) is 0 Å². The van der Waals surface area contributed by atoms with Crippen LogP contribution < -0.4 is 5.32 Å². The van der Waals surface area contributed by atoms with E-state index in [1.165, 1.54) is 51.6 Å². The highest BCUT2D eigenvalue weighted by molar-refractivity contribution is 5.85. The molecule has 0 radical (unpaired) electrons. The molecule has 2 rings (SSSR count). The zero-order valence-electron chi connectivity index (χ0n) is 14.8. The summed E-state index contributed by atoms with van der Waals surface area (Å²) in [7, 11) is 2.24. The molecule has 0 saturated carbocycles. The first-order valence-electron chi connectivity index (χ1n) is 8.88. The normalized spacial score (nSPS) is 21.9. The van der Waals surface area contributed by atoms with Crippen molar-refractivity contribution in [1.82, 2.24) is 15.1 Å². The van der Waals surface area contributed by atoms with Crippen LogP contribution in [0.1, 0.15) is 51.9 Å². The van der Waals surface area contributed by atoms with Crippen molar-refractivity contribution in [2.75, 3.05) is 39.8 Å². The molecule has 2 saturated heterocycles. The number of unbranched alkanes of at least 4 members (excludes halogenated alkanes) is 1. The quantitative estimate of drug-likeness (QED) is 0.751. The Bertz CT molecular complexity index is 317. The summed E-state index contributed by atoms with van der Waals surface area (Å²) in [5.41, 5.74) is 0. The molecule has 0 spiro atoms. The van der Waals surface area contributed by atoms with E-state index in [1.807, 2.05) is 0 Å². The highest BCUT2D eigenvalue weighted by Crippen LogP contribution is 2.20. The van der Waals surface area contributed by atoms with Crippen molar-refractivity contribution in [2.45, 2.75) is 57.9 Å². The molecule has 6 heteroatoms. The fourth-order valence-corrected chi connectivity index (χ4v) is 3.60. The maximum absolute atomic E-state index is 12.3. The number of hydrogen-bond acceptors (Lipinski definition) is 3. The van der Waals surface area contributed by atoms with E-state index in [0.717, 1.165) is 25.6 Å². The van der Waals surface area contributed by atoms with Crippen molar-refractivity contribution in [3.63, 3.8) is 0 Å². The molecule has 0 bridgehead atoms. The molecule has 2 fully saturated rings. The van der Waals surface area contributed by atoms with Crippen LogP contribution in [0, 0.1) is 5.92 Å². The number of nitrogens with one attached hydrogen (secondary N) is 1. The van der Waals surface area contributed by atoms with Crippen molar-refractivity contribution >= 4 is 30.7 Å². The molecule has 0 aliphatic carbocycles. The van der Waals surface area contributed by atoms with Crippen LogP contribution in [-0.2, 0) is 4.79 Å². The van der Waals surface area contributed by atoms with E-state index in [9.17, 15) is 4.79 Å². The molecule has 0 aromatic carbocycles. The summed E-state index contributed by atoms with van der Waals surface area (Å²) in [6.45, 7) is 7.69. The van der Waals surface area contributed by atoms with Crippen molar-refractivity contribution in [1.29, 1.82) is 0 Å². The topological polar surface area (TPSA) is 35.6 Å². The number of amides is 1. The van der Waals surface area contributed by atoms with Crippen LogP contribution in [-0.4, -0.2) is 61.5 Å². The van der Waals surface area contributed by atoms with Gasteiger partial charge in [0, 0.05) is 32.1 Å². The lowest BCUT2D eigenvalue weighted by Crippen LogP contribution is -2.42. The van der Waals surface area contributed by atoms with Crippen LogP contribution in [0.2, 0.25) is 0 Å². The number of hydrogen-bond donors (Lipinski definition) is 1. The second kappa shape index (κ2) is 12.3. The lowest BCUT2D eigenvalue weighted by molar-refractivity contribution is -0.133. The minimum Gasteiger partial charge on any atom is -0.343 e. The van der Waals surface area contributed by atoms with Crippen LogP contribution in [0.5, 0.6) is 0 Å². The predicted octanol–water partition coefficient (Wildman–Crippen LogP) is 2.94. The summed E-state index contributed by atoms with van der Waals surface area (Å²) < 4.78 is 0. The van der Waals surface area contributed by atoms with Crippen LogP contribution in [0.4, 0.5) is 0 Å². The van der Waals surface area contributed by atoms with Crippen LogP contribution >= 0.6 is 24.8 Å². The van der Waals surface area contributed by atoms with Crippen molar-refractivity contribution in [2.24, 2.45) is 5.92 Å². The summed E-state index contributed by atoms with van der Waals surface area (Å²) in [5, 5.41) is 3.43. The Hall–Kier alpha value is -0.0300. The first kappa shape index (κ1) is 23.0. The Balaban J connectivity index is 0.00000242. The molecule has 1 N–H and O–H groups in total. The summed E-state index contributed by atoms with van der Waals surface area (Å²) in [5.74, 6) is 1.15. The molecule has 0 aromatic rings. The van der Waals surface area contributed by atoms with E-state index >= 15 is 0 Å². The molecule has 2 aliphatic heterocycles. The summed E-state index contributed by atoms with van der Waals surface area (Å²) >= 11 is 0. The Morgan fingerprint density at radius 1 is 1.22 bits per heavy atom. The average Bonchev–Trinajstić information content (AvgIpc) is 2.98. The van der Waals surface area contributed by atoms with Gasteiger partial charge in [-0.2, -0.15) is 0 Å². The van der Waals surface area contributed by atoms with E-state index in [-0.39, 0.29) is 24.8 Å². The number of carbonyl (C=O) groups is 1. The molecular weight excluding hydrogens is 333 g/mol. The standard InChI is InChI=1S/C17H33N3O.2ClH/c1-3-4-10-19(2)14-15-7-11-20(12-8-15)17(21)13-16-6-5-9-18-16;;/h15-16,18H,3-14H2,1-2H3;2*1H. The van der Waals surface area contributed by atoms with Gasteiger partial charge in [-0.05, 0) is 58.2 Å². The van der Waals surface area contributed by atoms with E-state index in [2.05, 4.69) is 29.1 Å². The van der Waals surface area contributed by atoms with Gasteiger partial charge in [0.15, 0.2) is 0 Å². The van der Waals surface area contributed by atoms with Crippen LogP contribution in [0.3, 0.4) is 0 Å². The monoisotopic (exact) mass is 367 g/mol. The van der Waals surface area contributed by atoms with Gasteiger partial charge in [0.1, 0.15) is 0 Å². The highest BCUT2D eigenvalue weighted by atomic mass is 35.5. The molecule has 138 valence electrons. The molecule has 2 aliphatic rings. The Kier molecular flexibility index (Phi) is 12.3. The Morgan fingerprint density at radius 3 is 2.48 bits per heavy atom. The van der Waals surface area contributed by atoms with Crippen LogP contribution in [0.25, 0.3) is 0 Å². The first-order valence-corrected chi connectivity index (χ1v) is 8.88. The molecule has 4 nitrogen and oxygen atoms in total. The minimum atomic E-state index is 0. The van der Waals surface area contributed by atoms with E-state index in [4.69, 9.17) is 0 Å². The maximum atomic E-state index is 12.3. The third kappa shape index (κ3) is 8.06. The predicted molar refractivity (Wildman–Crippen MR) is 102 cm³/mol. The highest BCUT2D eigenvalue weighted by Gasteiger charge is 2.26.